The van der Waals surface area contributed by atoms with Gasteiger partial charge < -0.3 is 20.4 Å². The van der Waals surface area contributed by atoms with Crippen LogP contribution in [0.25, 0.3) is 11.0 Å². The van der Waals surface area contributed by atoms with Gasteiger partial charge in [-0.05, 0) is 62.0 Å². The Hall–Kier alpha value is -3.11. The molecule has 0 bridgehead atoms. The summed E-state index contributed by atoms with van der Waals surface area (Å²) in [5.41, 5.74) is 2.65. The number of nitrogens with one attached hydrogen (secondary N) is 2. The summed E-state index contributed by atoms with van der Waals surface area (Å²) in [5, 5.41) is 7.42. The number of anilines is 3. The third kappa shape index (κ3) is 5.65. The normalized spacial score (nSPS) is 16.2. The number of aromatic nitrogens is 3. The number of fused-ring (bicyclic) bond motifs is 1. The molecule has 1 aromatic carbocycles. The zero-order valence-electron chi connectivity index (χ0n) is 20.7. The monoisotopic (exact) mass is 507 g/mol. The predicted octanol–water partition coefficient (Wildman–Crippen LogP) is 2.55. The number of thioether (sulfide) groups is 1. The van der Waals surface area contributed by atoms with Crippen molar-refractivity contribution in [3.05, 3.63) is 52.9 Å². The van der Waals surface area contributed by atoms with Crippen molar-refractivity contribution in [3.8, 4) is 0 Å². The first kappa shape index (κ1) is 24.6. The van der Waals surface area contributed by atoms with E-state index in [2.05, 4.69) is 37.6 Å². The van der Waals surface area contributed by atoms with Gasteiger partial charge in [0.05, 0.1) is 0 Å². The fourth-order valence-corrected chi connectivity index (χ4v) is 5.04. The van der Waals surface area contributed by atoms with Crippen LogP contribution >= 0.6 is 11.8 Å². The first-order valence-electron chi connectivity index (χ1n) is 12.6. The number of carbonyl (C=O) groups excluding carboxylic acids is 1. The highest BCUT2D eigenvalue weighted by Crippen LogP contribution is 2.22. The molecule has 4 heterocycles. The van der Waals surface area contributed by atoms with Gasteiger partial charge in [0.2, 0.25) is 11.9 Å². The lowest BCUT2D eigenvalue weighted by atomic mass is 9.99. The summed E-state index contributed by atoms with van der Waals surface area (Å²) in [6.07, 6.45) is 5.37. The number of aryl methyl sites for hydroxylation is 1. The molecule has 0 unspecified atom stereocenters. The van der Waals surface area contributed by atoms with E-state index >= 15 is 0 Å². The van der Waals surface area contributed by atoms with Crippen LogP contribution in [0.2, 0.25) is 0 Å². The molecular weight excluding hydrogens is 474 g/mol. The average Bonchev–Trinajstić information content (AvgIpc) is 2.88. The molecule has 0 atom stereocenters. The van der Waals surface area contributed by atoms with Gasteiger partial charge in [0, 0.05) is 73.9 Å². The smallest absolute Gasteiger partial charge is 0.252 e. The van der Waals surface area contributed by atoms with E-state index < -0.39 is 0 Å². The molecule has 9 nitrogen and oxygen atoms in total. The van der Waals surface area contributed by atoms with Crippen LogP contribution in [-0.4, -0.2) is 76.6 Å². The highest BCUT2D eigenvalue weighted by Gasteiger charge is 2.21. The van der Waals surface area contributed by atoms with Crippen LogP contribution < -0.4 is 21.1 Å². The molecule has 2 fully saturated rings. The number of amides is 1. The third-order valence-corrected chi connectivity index (χ3v) is 7.60. The van der Waals surface area contributed by atoms with E-state index in [-0.39, 0.29) is 11.5 Å². The number of rotatable bonds is 9. The molecule has 2 aromatic heterocycles. The first-order valence-corrected chi connectivity index (χ1v) is 14.0. The third-order valence-electron chi connectivity index (χ3n) is 6.99. The quantitative estimate of drug-likeness (QED) is 0.456. The Kier molecular flexibility index (Phi) is 7.72. The van der Waals surface area contributed by atoms with Crippen molar-refractivity contribution < 1.29 is 4.79 Å². The molecule has 36 heavy (non-hydrogen) atoms. The van der Waals surface area contributed by atoms with Crippen LogP contribution in [0.5, 0.6) is 0 Å². The molecule has 190 valence electrons. The van der Waals surface area contributed by atoms with Crippen LogP contribution in [0, 0.1) is 5.92 Å². The van der Waals surface area contributed by atoms with Crippen molar-refractivity contribution >= 4 is 46.0 Å². The summed E-state index contributed by atoms with van der Waals surface area (Å²) >= 11 is 1.71. The summed E-state index contributed by atoms with van der Waals surface area (Å²) in [5.74, 6) is 2.22. The molecule has 0 saturated carbocycles. The fourth-order valence-electron chi connectivity index (χ4n) is 4.66. The Bertz CT molecular complexity index is 1250. The van der Waals surface area contributed by atoms with Crippen LogP contribution in [0.1, 0.15) is 12.8 Å². The van der Waals surface area contributed by atoms with E-state index in [1.165, 1.54) is 0 Å². The highest BCUT2D eigenvalue weighted by molar-refractivity contribution is 7.98. The van der Waals surface area contributed by atoms with Crippen molar-refractivity contribution in [2.24, 2.45) is 5.92 Å². The van der Waals surface area contributed by atoms with Gasteiger partial charge in [-0.2, -0.15) is 16.7 Å². The van der Waals surface area contributed by atoms with E-state index in [0.29, 0.717) is 30.5 Å². The summed E-state index contributed by atoms with van der Waals surface area (Å²) in [6, 6.07) is 11.6. The molecule has 0 spiro atoms. The van der Waals surface area contributed by atoms with Gasteiger partial charge in [-0.3, -0.25) is 14.2 Å². The van der Waals surface area contributed by atoms with Crippen molar-refractivity contribution in [3.63, 3.8) is 0 Å². The SMILES string of the molecule is CSCCC(=O)N1CCN(c2ccc(Nc3ncc4ccc(=O)n(CCC5CNC5)c4n3)cc2)CC1. The van der Waals surface area contributed by atoms with Crippen LogP contribution in [0.4, 0.5) is 17.3 Å². The number of hydrogen-bond acceptors (Lipinski definition) is 8. The summed E-state index contributed by atoms with van der Waals surface area (Å²) in [6.45, 7) is 5.88. The van der Waals surface area contributed by atoms with E-state index in [0.717, 1.165) is 68.2 Å². The van der Waals surface area contributed by atoms with Gasteiger partial charge >= 0.3 is 0 Å². The second-order valence-corrected chi connectivity index (χ2v) is 10.4. The lowest BCUT2D eigenvalue weighted by molar-refractivity contribution is -0.131. The molecule has 1 amide bonds. The Morgan fingerprint density at radius 3 is 2.58 bits per heavy atom. The van der Waals surface area contributed by atoms with Crippen molar-refractivity contribution in [1.29, 1.82) is 0 Å². The maximum absolute atomic E-state index is 12.6. The Morgan fingerprint density at radius 2 is 1.89 bits per heavy atom. The molecule has 3 aromatic rings. The standard InChI is InChI=1S/C26H33N7O2S/c1-36-15-9-23(34)32-13-11-31(12-14-32)22-5-3-21(4-6-22)29-26-28-18-20-2-7-24(35)33(25(20)30-26)10-8-19-16-27-17-19/h2-7,18-19,27H,8-17H2,1H3,(H,28,29,30). The lowest BCUT2D eigenvalue weighted by Gasteiger charge is -2.36. The molecule has 0 aliphatic carbocycles. The Morgan fingerprint density at radius 1 is 1.11 bits per heavy atom. The molecule has 0 radical (unpaired) electrons. The van der Waals surface area contributed by atoms with Gasteiger partial charge in [0.15, 0.2) is 0 Å². The van der Waals surface area contributed by atoms with Gasteiger partial charge in [-0.1, -0.05) is 0 Å². The van der Waals surface area contributed by atoms with E-state index in [9.17, 15) is 9.59 Å². The van der Waals surface area contributed by atoms with E-state index in [1.54, 1.807) is 34.7 Å². The lowest BCUT2D eigenvalue weighted by Crippen LogP contribution is -2.48. The topological polar surface area (TPSA) is 95.4 Å². The summed E-state index contributed by atoms with van der Waals surface area (Å²) in [7, 11) is 0. The van der Waals surface area contributed by atoms with Crippen LogP contribution in [0.3, 0.4) is 0 Å². The molecule has 2 saturated heterocycles. The molecule has 2 aliphatic heterocycles. The molecule has 5 rings (SSSR count). The number of benzene rings is 1. The minimum Gasteiger partial charge on any atom is -0.368 e. The summed E-state index contributed by atoms with van der Waals surface area (Å²) < 4.78 is 1.76. The number of piperazine rings is 1. The van der Waals surface area contributed by atoms with Gasteiger partial charge in [-0.25, -0.2) is 4.98 Å². The minimum atomic E-state index is -0.0326. The Labute approximate surface area is 215 Å². The molecule has 2 N–H and O–H groups in total. The van der Waals surface area contributed by atoms with Gasteiger partial charge in [0.25, 0.3) is 5.56 Å². The Balaban J connectivity index is 1.23. The number of carbonyl (C=O) groups is 1. The maximum Gasteiger partial charge on any atom is 0.252 e. The molecular formula is C26H33N7O2S. The van der Waals surface area contributed by atoms with Crippen LogP contribution in [0.15, 0.2) is 47.4 Å². The zero-order chi connectivity index (χ0) is 24.9. The zero-order valence-corrected chi connectivity index (χ0v) is 21.5. The highest BCUT2D eigenvalue weighted by atomic mass is 32.2. The second kappa shape index (κ2) is 11.3. The molecule has 2 aliphatic rings. The number of pyridine rings is 1. The van der Waals surface area contributed by atoms with Crippen molar-refractivity contribution in [2.75, 3.05) is 61.5 Å². The minimum absolute atomic E-state index is 0.0326. The van der Waals surface area contributed by atoms with Crippen LogP contribution in [-0.2, 0) is 11.3 Å². The maximum atomic E-state index is 12.6. The second-order valence-electron chi connectivity index (χ2n) is 9.39. The van der Waals surface area contributed by atoms with Crippen molar-refractivity contribution in [1.82, 2.24) is 24.8 Å². The van der Waals surface area contributed by atoms with Gasteiger partial charge in [-0.15, -0.1) is 0 Å². The van der Waals surface area contributed by atoms with Gasteiger partial charge in [0.1, 0.15) is 5.65 Å². The first-order chi connectivity index (χ1) is 17.6. The van der Waals surface area contributed by atoms with E-state index in [4.69, 9.17) is 0 Å². The number of hydrogen-bond donors (Lipinski definition) is 2. The number of nitrogens with zero attached hydrogens (tertiary/aromatic N) is 5. The molecule has 10 heteroatoms. The average molecular weight is 508 g/mol. The largest absolute Gasteiger partial charge is 0.368 e. The fraction of sp³-hybridized carbons (Fsp3) is 0.462. The van der Waals surface area contributed by atoms with E-state index in [1.807, 2.05) is 23.3 Å². The van der Waals surface area contributed by atoms with Crippen molar-refractivity contribution in [2.45, 2.75) is 19.4 Å². The summed E-state index contributed by atoms with van der Waals surface area (Å²) in [4.78, 5) is 38.3. The predicted molar refractivity (Wildman–Crippen MR) is 146 cm³/mol.